The van der Waals surface area contributed by atoms with Crippen LogP contribution in [0.2, 0.25) is 0 Å². The zero-order valence-corrected chi connectivity index (χ0v) is 17.4. The monoisotopic (exact) mass is 429 g/mol. The van der Waals surface area contributed by atoms with Crippen LogP contribution in [0.1, 0.15) is 40.2 Å². The van der Waals surface area contributed by atoms with Crippen LogP contribution in [-0.4, -0.2) is 23.5 Å². The number of halogens is 1. The number of carbonyl (C=O) groups excluding carboxylic acids is 2. The van der Waals surface area contributed by atoms with Gasteiger partial charge < -0.3 is 10.1 Å². The van der Waals surface area contributed by atoms with Crippen LogP contribution in [0.15, 0.2) is 22.7 Å². The number of ether oxygens (including phenoxy) is 1. The molecule has 0 aliphatic rings. The van der Waals surface area contributed by atoms with E-state index >= 15 is 0 Å². The molecule has 0 unspecified atom stereocenters. The molecule has 0 aliphatic heterocycles. The van der Waals surface area contributed by atoms with Crippen molar-refractivity contribution in [1.82, 2.24) is 16.2 Å². The molecule has 1 aromatic carbocycles. The van der Waals surface area contributed by atoms with E-state index in [0.717, 1.165) is 10.0 Å². The minimum atomic E-state index is -0.423. The van der Waals surface area contributed by atoms with Crippen LogP contribution in [0.5, 0.6) is 5.75 Å². The fraction of sp³-hybridized carbons (Fsp3) is 0.471. The SMILES string of the molecule is CC(C)C(=O)NC(=S)NNC(=O)COc1ccc(C(C)(C)C)cc1Br. The lowest BCUT2D eigenvalue weighted by Gasteiger charge is -2.20. The summed E-state index contributed by atoms with van der Waals surface area (Å²) in [6, 6.07) is 5.76. The molecule has 0 fully saturated rings. The van der Waals surface area contributed by atoms with E-state index in [1.165, 1.54) is 0 Å². The Bertz CT molecular complexity index is 657. The van der Waals surface area contributed by atoms with Crippen molar-refractivity contribution in [3.63, 3.8) is 0 Å². The van der Waals surface area contributed by atoms with Gasteiger partial charge in [-0.2, -0.15) is 0 Å². The van der Waals surface area contributed by atoms with Gasteiger partial charge in [-0.25, -0.2) is 0 Å². The van der Waals surface area contributed by atoms with Gasteiger partial charge in [-0.3, -0.25) is 20.4 Å². The van der Waals surface area contributed by atoms with E-state index in [1.54, 1.807) is 13.8 Å². The van der Waals surface area contributed by atoms with Gasteiger partial charge >= 0.3 is 0 Å². The van der Waals surface area contributed by atoms with E-state index in [-0.39, 0.29) is 29.0 Å². The van der Waals surface area contributed by atoms with E-state index in [2.05, 4.69) is 52.9 Å². The largest absolute Gasteiger partial charge is 0.483 e. The Morgan fingerprint density at radius 1 is 1.24 bits per heavy atom. The normalized spacial score (nSPS) is 11.0. The first-order valence-electron chi connectivity index (χ1n) is 7.83. The predicted octanol–water partition coefficient (Wildman–Crippen LogP) is 2.80. The minimum absolute atomic E-state index is 0.0263. The molecule has 0 aromatic heterocycles. The number of hydrazine groups is 1. The quantitative estimate of drug-likeness (QED) is 0.506. The molecule has 25 heavy (non-hydrogen) atoms. The fourth-order valence-electron chi connectivity index (χ4n) is 1.68. The van der Waals surface area contributed by atoms with Crippen molar-refractivity contribution in [1.29, 1.82) is 0 Å². The Kier molecular flexibility index (Phi) is 7.82. The van der Waals surface area contributed by atoms with Gasteiger partial charge in [-0.05, 0) is 51.3 Å². The zero-order chi connectivity index (χ0) is 19.2. The standard InChI is InChI=1S/C17H24BrN3O3S/c1-10(2)15(23)19-16(25)21-20-14(22)9-24-13-7-6-11(8-12(13)18)17(3,4)5/h6-8,10H,9H2,1-5H3,(H,20,22)(H2,19,21,23,25). The van der Waals surface area contributed by atoms with Crippen molar-refractivity contribution in [3.05, 3.63) is 28.2 Å². The van der Waals surface area contributed by atoms with Crippen LogP contribution in [0.3, 0.4) is 0 Å². The van der Waals surface area contributed by atoms with Crippen molar-refractivity contribution >= 4 is 45.1 Å². The van der Waals surface area contributed by atoms with Crippen LogP contribution in [0.25, 0.3) is 0 Å². The number of benzene rings is 1. The molecule has 1 rings (SSSR count). The summed E-state index contributed by atoms with van der Waals surface area (Å²) in [6.45, 7) is 9.65. The van der Waals surface area contributed by atoms with Gasteiger partial charge in [-0.1, -0.05) is 40.7 Å². The maximum atomic E-state index is 11.8. The van der Waals surface area contributed by atoms with Gasteiger partial charge in [0.05, 0.1) is 4.47 Å². The average Bonchev–Trinajstić information content (AvgIpc) is 2.50. The van der Waals surface area contributed by atoms with Crippen LogP contribution in [0, 0.1) is 5.92 Å². The number of rotatable bonds is 4. The molecule has 6 nitrogen and oxygen atoms in total. The van der Waals surface area contributed by atoms with Crippen molar-refractivity contribution < 1.29 is 14.3 Å². The number of hydrogen-bond donors (Lipinski definition) is 3. The van der Waals surface area contributed by atoms with Gasteiger partial charge in [-0.15, -0.1) is 0 Å². The highest BCUT2D eigenvalue weighted by atomic mass is 79.9. The summed E-state index contributed by atoms with van der Waals surface area (Å²) in [5.41, 5.74) is 6.01. The predicted molar refractivity (Wildman–Crippen MR) is 105 cm³/mol. The number of amides is 2. The first-order valence-corrected chi connectivity index (χ1v) is 9.03. The summed E-state index contributed by atoms with van der Waals surface area (Å²) in [6.07, 6.45) is 0. The Morgan fingerprint density at radius 3 is 2.40 bits per heavy atom. The first kappa shape index (κ1) is 21.4. The Hall–Kier alpha value is -1.67. The summed E-state index contributed by atoms with van der Waals surface area (Å²) in [4.78, 5) is 23.3. The molecule has 0 heterocycles. The fourth-order valence-corrected chi connectivity index (χ4v) is 2.32. The topological polar surface area (TPSA) is 79.5 Å². The van der Waals surface area contributed by atoms with Crippen LogP contribution in [0.4, 0.5) is 0 Å². The minimum Gasteiger partial charge on any atom is -0.483 e. The van der Waals surface area contributed by atoms with Gasteiger partial charge in [0.15, 0.2) is 11.7 Å². The van der Waals surface area contributed by atoms with Gasteiger partial charge in [0.25, 0.3) is 5.91 Å². The van der Waals surface area contributed by atoms with Crippen molar-refractivity contribution in [2.45, 2.75) is 40.0 Å². The molecule has 0 aliphatic carbocycles. The van der Waals surface area contributed by atoms with Crippen molar-refractivity contribution in [3.8, 4) is 5.75 Å². The van der Waals surface area contributed by atoms with Gasteiger partial charge in [0.2, 0.25) is 5.91 Å². The second-order valence-corrected chi connectivity index (χ2v) is 8.09. The summed E-state index contributed by atoms with van der Waals surface area (Å²) in [5.74, 6) is -0.287. The molecule has 0 atom stereocenters. The summed E-state index contributed by atoms with van der Waals surface area (Å²) < 4.78 is 6.27. The van der Waals surface area contributed by atoms with E-state index in [1.807, 2.05) is 18.2 Å². The second kappa shape index (κ2) is 9.15. The molecule has 8 heteroatoms. The Morgan fingerprint density at radius 2 is 1.88 bits per heavy atom. The summed E-state index contributed by atoms with van der Waals surface area (Å²) >= 11 is 8.36. The average molecular weight is 430 g/mol. The maximum absolute atomic E-state index is 11.8. The molecular weight excluding hydrogens is 406 g/mol. The van der Waals surface area contributed by atoms with Crippen molar-refractivity contribution in [2.24, 2.45) is 5.92 Å². The molecule has 0 spiro atoms. The van der Waals surface area contributed by atoms with E-state index < -0.39 is 5.91 Å². The lowest BCUT2D eigenvalue weighted by atomic mass is 9.87. The summed E-state index contributed by atoms with van der Waals surface area (Å²) in [7, 11) is 0. The van der Waals surface area contributed by atoms with Crippen LogP contribution in [-0.2, 0) is 15.0 Å². The highest BCUT2D eigenvalue weighted by Gasteiger charge is 2.16. The molecule has 2 amide bonds. The molecule has 138 valence electrons. The lowest BCUT2D eigenvalue weighted by Crippen LogP contribution is -2.50. The highest BCUT2D eigenvalue weighted by Crippen LogP contribution is 2.31. The van der Waals surface area contributed by atoms with Gasteiger partial charge in [0.1, 0.15) is 5.75 Å². The van der Waals surface area contributed by atoms with Gasteiger partial charge in [0, 0.05) is 5.92 Å². The smallest absolute Gasteiger partial charge is 0.276 e. The second-order valence-electron chi connectivity index (χ2n) is 6.83. The van der Waals surface area contributed by atoms with Crippen molar-refractivity contribution in [2.75, 3.05) is 6.61 Å². The molecule has 3 N–H and O–H groups in total. The molecule has 1 aromatic rings. The number of thiocarbonyl (C=S) groups is 1. The third-order valence-electron chi connectivity index (χ3n) is 3.23. The van der Waals surface area contributed by atoms with Crippen LogP contribution < -0.4 is 20.9 Å². The Balaban J connectivity index is 2.47. The lowest BCUT2D eigenvalue weighted by molar-refractivity contribution is -0.124. The number of carbonyl (C=O) groups is 2. The highest BCUT2D eigenvalue weighted by molar-refractivity contribution is 9.10. The van der Waals surface area contributed by atoms with Crippen LogP contribution >= 0.6 is 28.1 Å². The summed E-state index contributed by atoms with van der Waals surface area (Å²) in [5, 5.41) is 2.49. The Labute approximate surface area is 162 Å². The third-order valence-corrected chi connectivity index (χ3v) is 4.06. The molecular formula is C17H24BrN3O3S. The molecule has 0 saturated heterocycles. The van der Waals surface area contributed by atoms with E-state index in [9.17, 15) is 9.59 Å². The molecule has 0 saturated carbocycles. The first-order chi connectivity index (χ1) is 11.5. The molecule has 0 radical (unpaired) electrons. The zero-order valence-electron chi connectivity index (χ0n) is 15.0. The van der Waals surface area contributed by atoms with E-state index in [4.69, 9.17) is 17.0 Å². The molecule has 0 bridgehead atoms. The third kappa shape index (κ3) is 7.39. The number of hydrogen-bond acceptors (Lipinski definition) is 4. The van der Waals surface area contributed by atoms with E-state index in [0.29, 0.717) is 5.75 Å². The maximum Gasteiger partial charge on any atom is 0.276 e. The number of nitrogens with one attached hydrogen (secondary N) is 3.